The van der Waals surface area contributed by atoms with Crippen LogP contribution in [0.2, 0.25) is 0 Å². The van der Waals surface area contributed by atoms with Gasteiger partial charge in [-0.25, -0.2) is 0 Å². The predicted molar refractivity (Wildman–Crippen MR) is 81.3 cm³/mol. The van der Waals surface area contributed by atoms with Crippen LogP contribution < -0.4 is 11.1 Å². The van der Waals surface area contributed by atoms with Gasteiger partial charge in [0.15, 0.2) is 0 Å². The number of methoxy groups -OCH3 is 1. The van der Waals surface area contributed by atoms with Gasteiger partial charge in [-0.3, -0.25) is 0 Å². The summed E-state index contributed by atoms with van der Waals surface area (Å²) in [5, 5.41) is 3.40. The molecule has 1 rings (SSSR count). The molecule has 3 N–H and O–H groups in total. The summed E-state index contributed by atoms with van der Waals surface area (Å²) in [5.41, 5.74) is 8.87. The number of thiocarbonyl (C=S) groups is 1. The first kappa shape index (κ1) is 14.9. The summed E-state index contributed by atoms with van der Waals surface area (Å²) in [5.74, 6) is 0. The van der Waals surface area contributed by atoms with Crippen LogP contribution in [0.25, 0.3) is 0 Å². The number of anilines is 1. The smallest absolute Gasteiger partial charge is 0.106 e. The zero-order valence-electron chi connectivity index (χ0n) is 11.2. The van der Waals surface area contributed by atoms with Crippen molar-refractivity contribution < 1.29 is 4.74 Å². The summed E-state index contributed by atoms with van der Waals surface area (Å²) in [6, 6.07) is 6.09. The van der Waals surface area contributed by atoms with Gasteiger partial charge in [-0.05, 0) is 43.9 Å². The fourth-order valence-electron chi connectivity index (χ4n) is 1.79. The largest absolute Gasteiger partial charge is 0.389 e. The molecule has 0 heterocycles. The molecular formula is C14H22N2OS. The van der Waals surface area contributed by atoms with Gasteiger partial charge < -0.3 is 15.8 Å². The first-order valence-corrected chi connectivity index (χ1v) is 6.69. The van der Waals surface area contributed by atoms with E-state index in [4.69, 9.17) is 22.7 Å². The molecule has 0 saturated carbocycles. The Bertz CT molecular complexity index is 393. The SMILES string of the molecule is COCCCCCNc1cc(C)ccc1C(N)=S. The third-order valence-electron chi connectivity index (χ3n) is 2.78. The molecule has 3 nitrogen and oxygen atoms in total. The topological polar surface area (TPSA) is 47.3 Å². The van der Waals surface area contributed by atoms with Crippen LogP contribution in [0.1, 0.15) is 30.4 Å². The van der Waals surface area contributed by atoms with E-state index in [2.05, 4.69) is 18.3 Å². The molecule has 0 aliphatic carbocycles. The monoisotopic (exact) mass is 266 g/mol. The van der Waals surface area contributed by atoms with Gasteiger partial charge in [0.2, 0.25) is 0 Å². The van der Waals surface area contributed by atoms with Gasteiger partial charge in [0.25, 0.3) is 0 Å². The maximum absolute atomic E-state index is 5.71. The van der Waals surface area contributed by atoms with Crippen LogP contribution in [0.5, 0.6) is 0 Å². The number of ether oxygens (including phenoxy) is 1. The summed E-state index contributed by atoms with van der Waals surface area (Å²) >= 11 is 5.05. The van der Waals surface area contributed by atoms with Crippen LogP contribution >= 0.6 is 12.2 Å². The molecule has 1 aromatic carbocycles. The lowest BCUT2D eigenvalue weighted by Crippen LogP contribution is -2.14. The summed E-state index contributed by atoms with van der Waals surface area (Å²) in [6.07, 6.45) is 3.39. The minimum atomic E-state index is 0.442. The Labute approximate surface area is 115 Å². The van der Waals surface area contributed by atoms with Crippen LogP contribution in [0, 0.1) is 6.92 Å². The molecule has 0 aliphatic heterocycles. The molecule has 0 radical (unpaired) electrons. The second-order valence-electron chi connectivity index (χ2n) is 4.39. The number of nitrogens with one attached hydrogen (secondary N) is 1. The van der Waals surface area contributed by atoms with E-state index in [9.17, 15) is 0 Å². The van der Waals surface area contributed by atoms with Crippen molar-refractivity contribution in [3.05, 3.63) is 29.3 Å². The van der Waals surface area contributed by atoms with Crippen molar-refractivity contribution in [2.75, 3.05) is 25.6 Å². The zero-order valence-corrected chi connectivity index (χ0v) is 12.0. The molecule has 18 heavy (non-hydrogen) atoms. The first-order valence-electron chi connectivity index (χ1n) is 6.28. The van der Waals surface area contributed by atoms with Crippen LogP contribution in [0.15, 0.2) is 18.2 Å². The molecule has 0 unspecified atom stereocenters. The van der Waals surface area contributed by atoms with E-state index in [0.717, 1.165) is 43.7 Å². The van der Waals surface area contributed by atoms with Gasteiger partial charge in [-0.15, -0.1) is 0 Å². The quantitative estimate of drug-likeness (QED) is 0.561. The standard InChI is InChI=1S/C14H22N2OS/c1-11-6-7-12(14(15)18)13(10-11)16-8-4-3-5-9-17-2/h6-7,10,16H,3-5,8-9H2,1-2H3,(H2,15,18). The van der Waals surface area contributed by atoms with Gasteiger partial charge in [-0.2, -0.15) is 0 Å². The molecule has 0 amide bonds. The first-order chi connectivity index (χ1) is 8.65. The highest BCUT2D eigenvalue weighted by atomic mass is 32.1. The minimum absolute atomic E-state index is 0.442. The van der Waals surface area contributed by atoms with Crippen molar-refractivity contribution in [1.29, 1.82) is 0 Å². The molecule has 0 aromatic heterocycles. The number of rotatable bonds is 8. The number of benzene rings is 1. The molecule has 0 atom stereocenters. The molecular weight excluding hydrogens is 244 g/mol. The van der Waals surface area contributed by atoms with Crippen molar-refractivity contribution in [3.8, 4) is 0 Å². The van der Waals surface area contributed by atoms with E-state index in [0.29, 0.717) is 4.99 Å². The Morgan fingerprint density at radius 1 is 1.33 bits per heavy atom. The van der Waals surface area contributed by atoms with Crippen molar-refractivity contribution in [1.82, 2.24) is 0 Å². The third-order valence-corrected chi connectivity index (χ3v) is 3.00. The van der Waals surface area contributed by atoms with Crippen LogP contribution in [0.3, 0.4) is 0 Å². The number of hydrogen-bond donors (Lipinski definition) is 2. The Hall–Kier alpha value is -1.13. The Morgan fingerprint density at radius 3 is 2.78 bits per heavy atom. The van der Waals surface area contributed by atoms with Gasteiger partial charge in [0.1, 0.15) is 4.99 Å². The zero-order chi connectivity index (χ0) is 13.4. The summed E-state index contributed by atoms with van der Waals surface area (Å²) < 4.78 is 5.02. The average Bonchev–Trinajstić information content (AvgIpc) is 2.33. The fraction of sp³-hybridized carbons (Fsp3) is 0.500. The normalized spacial score (nSPS) is 10.3. The second kappa shape index (κ2) is 8.06. The number of unbranched alkanes of at least 4 members (excludes halogenated alkanes) is 2. The van der Waals surface area contributed by atoms with Crippen LogP contribution in [-0.4, -0.2) is 25.2 Å². The van der Waals surface area contributed by atoms with Crippen molar-refractivity contribution >= 4 is 22.9 Å². The highest BCUT2D eigenvalue weighted by molar-refractivity contribution is 7.80. The molecule has 0 saturated heterocycles. The van der Waals surface area contributed by atoms with Crippen molar-refractivity contribution in [2.24, 2.45) is 5.73 Å². The lowest BCUT2D eigenvalue weighted by Gasteiger charge is -2.12. The highest BCUT2D eigenvalue weighted by Gasteiger charge is 2.04. The lowest BCUT2D eigenvalue weighted by atomic mass is 10.1. The third kappa shape index (κ3) is 5.02. The lowest BCUT2D eigenvalue weighted by molar-refractivity contribution is 0.192. The van der Waals surface area contributed by atoms with Gasteiger partial charge >= 0.3 is 0 Å². The van der Waals surface area contributed by atoms with E-state index >= 15 is 0 Å². The van der Waals surface area contributed by atoms with Gasteiger partial charge in [-0.1, -0.05) is 18.3 Å². The maximum Gasteiger partial charge on any atom is 0.106 e. The highest BCUT2D eigenvalue weighted by Crippen LogP contribution is 2.17. The number of hydrogen-bond acceptors (Lipinski definition) is 3. The van der Waals surface area contributed by atoms with E-state index in [1.807, 2.05) is 12.1 Å². The molecule has 0 aliphatic rings. The molecule has 0 fully saturated rings. The second-order valence-corrected chi connectivity index (χ2v) is 4.83. The van der Waals surface area contributed by atoms with E-state index < -0.39 is 0 Å². The minimum Gasteiger partial charge on any atom is -0.389 e. The van der Waals surface area contributed by atoms with Crippen molar-refractivity contribution in [3.63, 3.8) is 0 Å². The predicted octanol–water partition coefficient (Wildman–Crippen LogP) is 2.86. The summed E-state index contributed by atoms with van der Waals surface area (Å²) in [6.45, 7) is 3.83. The molecule has 0 bridgehead atoms. The Morgan fingerprint density at radius 2 is 2.11 bits per heavy atom. The molecule has 100 valence electrons. The van der Waals surface area contributed by atoms with E-state index in [-0.39, 0.29) is 0 Å². The number of nitrogens with two attached hydrogens (primary N) is 1. The van der Waals surface area contributed by atoms with E-state index in [1.165, 1.54) is 5.56 Å². The van der Waals surface area contributed by atoms with Gasteiger partial charge in [0, 0.05) is 31.5 Å². The molecule has 1 aromatic rings. The molecule has 4 heteroatoms. The van der Waals surface area contributed by atoms with Gasteiger partial charge in [0.05, 0.1) is 0 Å². The number of aryl methyl sites for hydroxylation is 1. The molecule has 0 spiro atoms. The average molecular weight is 266 g/mol. The van der Waals surface area contributed by atoms with Crippen LogP contribution in [-0.2, 0) is 4.74 Å². The summed E-state index contributed by atoms with van der Waals surface area (Å²) in [4.78, 5) is 0.442. The maximum atomic E-state index is 5.71. The van der Waals surface area contributed by atoms with E-state index in [1.54, 1.807) is 7.11 Å². The Kier molecular flexibility index (Phi) is 6.68. The van der Waals surface area contributed by atoms with Crippen LogP contribution in [0.4, 0.5) is 5.69 Å². The Balaban J connectivity index is 2.45. The van der Waals surface area contributed by atoms with Crippen molar-refractivity contribution in [2.45, 2.75) is 26.2 Å². The fourth-order valence-corrected chi connectivity index (χ4v) is 1.97. The summed E-state index contributed by atoms with van der Waals surface area (Å²) in [7, 11) is 1.74.